The molecule has 0 aliphatic heterocycles. The van der Waals surface area contributed by atoms with Gasteiger partial charge in [0.05, 0.1) is 15.5 Å². The average molecular weight is 396 g/mol. The largest absolute Gasteiger partial charge is 0.434 e. The first-order chi connectivity index (χ1) is 13.8. The third-order valence-corrected chi connectivity index (χ3v) is 3.78. The molecule has 0 bridgehead atoms. The number of nitrogens with one attached hydrogen (secondary N) is 2. The van der Waals surface area contributed by atoms with Crippen LogP contribution in [0.5, 0.6) is 11.6 Å². The zero-order chi connectivity index (χ0) is 21.0. The molecule has 0 aliphatic carbocycles. The van der Waals surface area contributed by atoms with Crippen LogP contribution in [0.25, 0.3) is 0 Å². The molecule has 0 saturated heterocycles. The number of hydrogen-bond acceptors (Lipinski definition) is 9. The van der Waals surface area contributed by atoms with Crippen molar-refractivity contribution in [3.8, 4) is 11.6 Å². The van der Waals surface area contributed by atoms with Gasteiger partial charge in [0, 0.05) is 12.1 Å². The number of nitrogens with zero attached hydrogens (tertiary/aromatic N) is 4. The van der Waals surface area contributed by atoms with E-state index < -0.39 is 15.5 Å². The average Bonchev–Trinajstić information content (AvgIpc) is 2.65. The Kier molecular flexibility index (Phi) is 5.49. The summed E-state index contributed by atoms with van der Waals surface area (Å²) < 4.78 is 5.63. The quantitative estimate of drug-likeness (QED) is 0.444. The Balaban J connectivity index is 1.84. The van der Waals surface area contributed by atoms with Gasteiger partial charge in [0.2, 0.25) is 5.82 Å². The third kappa shape index (κ3) is 4.71. The van der Waals surface area contributed by atoms with E-state index in [-0.39, 0.29) is 17.4 Å². The van der Waals surface area contributed by atoms with Crippen molar-refractivity contribution in [3.05, 3.63) is 80.1 Å². The summed E-state index contributed by atoms with van der Waals surface area (Å²) in [6.45, 7) is 3.77. The minimum Gasteiger partial charge on any atom is -0.434 e. The van der Waals surface area contributed by atoms with Crippen LogP contribution in [0.15, 0.2) is 48.8 Å². The lowest BCUT2D eigenvalue weighted by Gasteiger charge is -2.11. The molecule has 148 valence electrons. The zero-order valence-corrected chi connectivity index (χ0v) is 15.4. The molecule has 2 N–H and O–H groups in total. The van der Waals surface area contributed by atoms with Crippen LogP contribution >= 0.6 is 0 Å². The van der Waals surface area contributed by atoms with Gasteiger partial charge in [-0.3, -0.25) is 31.1 Å². The first kappa shape index (κ1) is 19.5. The third-order valence-electron chi connectivity index (χ3n) is 3.78. The van der Waals surface area contributed by atoms with Gasteiger partial charge in [-0.25, -0.2) is 4.98 Å². The Labute approximate surface area is 164 Å². The summed E-state index contributed by atoms with van der Waals surface area (Å²) in [4.78, 5) is 28.9. The van der Waals surface area contributed by atoms with E-state index in [1.54, 1.807) is 12.1 Å². The molecular formula is C18H16N6O5. The van der Waals surface area contributed by atoms with Crippen LogP contribution in [-0.4, -0.2) is 19.8 Å². The molecule has 2 aromatic carbocycles. The second-order valence-corrected chi connectivity index (χ2v) is 6.11. The number of hydrazine groups is 1. The normalized spacial score (nSPS) is 10.3. The van der Waals surface area contributed by atoms with E-state index in [0.29, 0.717) is 11.4 Å². The fraction of sp³-hybridized carbons (Fsp3) is 0.111. The monoisotopic (exact) mass is 396 g/mol. The van der Waals surface area contributed by atoms with Crippen LogP contribution in [0.3, 0.4) is 0 Å². The van der Waals surface area contributed by atoms with E-state index in [2.05, 4.69) is 20.8 Å². The molecule has 0 spiro atoms. The van der Waals surface area contributed by atoms with E-state index in [0.717, 1.165) is 17.5 Å². The number of hydrogen-bond donors (Lipinski definition) is 2. The zero-order valence-electron chi connectivity index (χ0n) is 15.4. The Hall–Kier alpha value is -4.28. The summed E-state index contributed by atoms with van der Waals surface area (Å²) in [7, 11) is 0. The summed E-state index contributed by atoms with van der Waals surface area (Å²) in [6, 6.07) is 10.9. The molecule has 29 heavy (non-hydrogen) atoms. The van der Waals surface area contributed by atoms with Gasteiger partial charge in [0.25, 0.3) is 5.69 Å². The number of anilines is 2. The van der Waals surface area contributed by atoms with Gasteiger partial charge in [0.15, 0.2) is 0 Å². The van der Waals surface area contributed by atoms with Crippen LogP contribution in [-0.2, 0) is 0 Å². The fourth-order valence-electron chi connectivity index (χ4n) is 2.59. The van der Waals surface area contributed by atoms with Crippen molar-refractivity contribution in [2.45, 2.75) is 13.8 Å². The topological polar surface area (TPSA) is 145 Å². The van der Waals surface area contributed by atoms with Crippen molar-refractivity contribution in [2.24, 2.45) is 0 Å². The standard InChI is InChI=1S/C18H16N6O5/c1-11-7-12(2)9-15(8-11)29-18-16(24(27)28)17(19-10-20-18)22-21-13-3-5-14(6-4-13)23(25)26/h3-10,21H,1-2H3,(H,19,20,22). The number of rotatable bonds is 7. The lowest BCUT2D eigenvalue weighted by atomic mass is 10.1. The molecule has 3 rings (SSSR count). The molecule has 11 heteroatoms. The van der Waals surface area contributed by atoms with Crippen molar-refractivity contribution in [2.75, 3.05) is 10.9 Å². The Morgan fingerprint density at radius 2 is 1.55 bits per heavy atom. The van der Waals surface area contributed by atoms with Crippen LogP contribution in [0, 0.1) is 34.1 Å². The van der Waals surface area contributed by atoms with E-state index in [9.17, 15) is 20.2 Å². The van der Waals surface area contributed by atoms with Crippen LogP contribution in [0.2, 0.25) is 0 Å². The molecule has 0 fully saturated rings. The molecule has 3 aromatic rings. The van der Waals surface area contributed by atoms with Crippen LogP contribution in [0.1, 0.15) is 11.1 Å². The fourth-order valence-corrected chi connectivity index (χ4v) is 2.59. The number of benzene rings is 2. The Bertz CT molecular complexity index is 1050. The highest BCUT2D eigenvalue weighted by atomic mass is 16.6. The van der Waals surface area contributed by atoms with Crippen molar-refractivity contribution in [1.29, 1.82) is 0 Å². The van der Waals surface area contributed by atoms with Crippen molar-refractivity contribution < 1.29 is 14.6 Å². The minimum absolute atomic E-state index is 0.0762. The molecule has 0 atom stereocenters. The number of aromatic nitrogens is 2. The van der Waals surface area contributed by atoms with Crippen molar-refractivity contribution in [3.63, 3.8) is 0 Å². The maximum atomic E-state index is 11.6. The minimum atomic E-state index is -0.655. The molecule has 1 aromatic heterocycles. The lowest BCUT2D eigenvalue weighted by molar-refractivity contribution is -0.385. The summed E-state index contributed by atoms with van der Waals surface area (Å²) in [6.07, 6.45) is 1.13. The lowest BCUT2D eigenvalue weighted by Crippen LogP contribution is -2.13. The number of aryl methyl sites for hydroxylation is 2. The molecule has 0 radical (unpaired) electrons. The molecule has 0 amide bonds. The van der Waals surface area contributed by atoms with Gasteiger partial charge in [0.1, 0.15) is 12.1 Å². The summed E-state index contributed by atoms with van der Waals surface area (Å²) in [5, 5.41) is 22.3. The van der Waals surface area contributed by atoms with E-state index >= 15 is 0 Å². The summed E-state index contributed by atoms with van der Waals surface area (Å²) >= 11 is 0. The predicted molar refractivity (Wildman–Crippen MR) is 105 cm³/mol. The summed E-state index contributed by atoms with van der Waals surface area (Å²) in [5.74, 6) is 0.0734. The van der Waals surface area contributed by atoms with Crippen molar-refractivity contribution >= 4 is 22.9 Å². The van der Waals surface area contributed by atoms with Crippen molar-refractivity contribution in [1.82, 2.24) is 9.97 Å². The van der Waals surface area contributed by atoms with Crippen LogP contribution in [0.4, 0.5) is 22.9 Å². The molecule has 11 nitrogen and oxygen atoms in total. The second-order valence-electron chi connectivity index (χ2n) is 6.11. The second kappa shape index (κ2) is 8.17. The first-order valence-corrected chi connectivity index (χ1v) is 8.35. The van der Waals surface area contributed by atoms with Gasteiger partial charge < -0.3 is 4.74 Å². The van der Waals surface area contributed by atoms with Crippen LogP contribution < -0.4 is 15.6 Å². The number of non-ortho nitro benzene ring substituents is 1. The number of nitro benzene ring substituents is 1. The molecule has 0 aliphatic rings. The van der Waals surface area contributed by atoms with Gasteiger partial charge in [-0.2, -0.15) is 4.98 Å². The smallest absolute Gasteiger partial charge is 0.374 e. The number of ether oxygens (including phenoxy) is 1. The SMILES string of the molecule is Cc1cc(C)cc(Oc2ncnc(NNc3ccc([N+](=O)[O-])cc3)c2[N+](=O)[O-])c1. The maximum absolute atomic E-state index is 11.6. The molecular weight excluding hydrogens is 380 g/mol. The van der Waals surface area contributed by atoms with E-state index in [1.165, 1.54) is 24.3 Å². The van der Waals surface area contributed by atoms with Gasteiger partial charge in [-0.1, -0.05) is 6.07 Å². The molecule has 0 saturated carbocycles. The molecule has 1 heterocycles. The van der Waals surface area contributed by atoms with Gasteiger partial charge in [-0.05, 0) is 49.2 Å². The number of nitro groups is 2. The van der Waals surface area contributed by atoms with Gasteiger partial charge >= 0.3 is 11.6 Å². The van der Waals surface area contributed by atoms with E-state index in [1.807, 2.05) is 19.9 Å². The highest BCUT2D eigenvalue weighted by Gasteiger charge is 2.25. The Morgan fingerprint density at radius 3 is 2.14 bits per heavy atom. The predicted octanol–water partition coefficient (Wildman–Crippen LogP) is 4.14. The van der Waals surface area contributed by atoms with E-state index in [4.69, 9.17) is 4.74 Å². The highest BCUT2D eigenvalue weighted by Crippen LogP contribution is 2.34. The first-order valence-electron chi connectivity index (χ1n) is 8.35. The van der Waals surface area contributed by atoms with Gasteiger partial charge in [-0.15, -0.1) is 0 Å². The maximum Gasteiger partial charge on any atom is 0.374 e. The molecule has 0 unspecified atom stereocenters. The Morgan fingerprint density at radius 1 is 0.897 bits per heavy atom. The summed E-state index contributed by atoms with van der Waals surface area (Å²) in [5.41, 5.74) is 7.12. The highest BCUT2D eigenvalue weighted by molar-refractivity contribution is 5.64.